The second-order valence-electron chi connectivity index (χ2n) is 6.81. The first-order valence-electron chi connectivity index (χ1n) is 8.94. The third-order valence-electron chi connectivity index (χ3n) is 3.17. The van der Waals surface area contributed by atoms with Crippen molar-refractivity contribution in [1.82, 2.24) is 10.6 Å². The fourth-order valence-corrected chi connectivity index (χ4v) is 2.19. The van der Waals surface area contributed by atoms with Gasteiger partial charge in [0, 0.05) is 18.6 Å². The summed E-state index contributed by atoms with van der Waals surface area (Å²) >= 11 is 0. The predicted molar refractivity (Wildman–Crippen MR) is 101 cm³/mol. The highest BCUT2D eigenvalue weighted by atomic mass is 16.5. The highest BCUT2D eigenvalue weighted by Gasteiger charge is 2.15. The van der Waals surface area contributed by atoms with Gasteiger partial charge in [0.15, 0.2) is 18.1 Å². The van der Waals surface area contributed by atoms with Crippen LogP contribution in [0.4, 0.5) is 0 Å². The van der Waals surface area contributed by atoms with Crippen molar-refractivity contribution >= 4 is 5.91 Å². The van der Waals surface area contributed by atoms with Crippen LogP contribution in [0.25, 0.3) is 0 Å². The zero-order chi connectivity index (χ0) is 19.4. The van der Waals surface area contributed by atoms with E-state index in [-0.39, 0.29) is 24.7 Å². The van der Waals surface area contributed by atoms with Gasteiger partial charge in [-0.1, -0.05) is 6.07 Å². The van der Waals surface area contributed by atoms with Crippen molar-refractivity contribution in [2.45, 2.75) is 39.8 Å². The monoisotopic (exact) mass is 368 g/mol. The maximum Gasteiger partial charge on any atom is 0.258 e. The molecule has 0 spiro atoms. The third kappa shape index (κ3) is 9.60. The molecule has 0 radical (unpaired) electrons. The van der Waals surface area contributed by atoms with Crippen LogP contribution in [0.5, 0.6) is 11.5 Å². The Balaban J connectivity index is 2.55. The Morgan fingerprint density at radius 2 is 1.92 bits per heavy atom. The van der Waals surface area contributed by atoms with E-state index >= 15 is 0 Å². The molecule has 0 unspecified atom stereocenters. The normalized spacial score (nSPS) is 11.3. The maximum absolute atomic E-state index is 11.9. The molecule has 26 heavy (non-hydrogen) atoms. The van der Waals surface area contributed by atoms with Gasteiger partial charge in [-0.05, 0) is 45.4 Å². The summed E-state index contributed by atoms with van der Waals surface area (Å²) in [5, 5.41) is 14.8. The summed E-state index contributed by atoms with van der Waals surface area (Å²) in [4.78, 5) is 11.9. The SMILES string of the molecule is CCOc1cc(CNCCOCCO)ccc1OCC(=O)NC(C)(C)C. The summed E-state index contributed by atoms with van der Waals surface area (Å²) in [5.74, 6) is 0.992. The fraction of sp³-hybridized carbons (Fsp3) is 0.632. The summed E-state index contributed by atoms with van der Waals surface area (Å²) in [6.45, 7) is 10.4. The molecule has 0 atom stereocenters. The molecule has 1 aromatic rings. The number of hydrogen-bond donors (Lipinski definition) is 3. The second-order valence-corrected chi connectivity index (χ2v) is 6.81. The van der Waals surface area contributed by atoms with Crippen LogP contribution in [0.3, 0.4) is 0 Å². The molecule has 7 heteroatoms. The minimum atomic E-state index is -0.292. The Hall–Kier alpha value is -1.83. The standard InChI is InChI=1S/C19H32N2O5/c1-5-25-17-12-15(13-20-8-10-24-11-9-22)6-7-16(17)26-14-18(23)21-19(2,3)4/h6-7,12,20,22H,5,8-11,13-14H2,1-4H3,(H,21,23). The molecule has 0 fully saturated rings. The summed E-state index contributed by atoms with van der Waals surface area (Å²) in [7, 11) is 0. The van der Waals surface area contributed by atoms with E-state index in [9.17, 15) is 4.79 Å². The number of benzene rings is 1. The number of ether oxygens (including phenoxy) is 3. The topological polar surface area (TPSA) is 89.1 Å². The van der Waals surface area contributed by atoms with E-state index in [0.29, 0.717) is 44.4 Å². The van der Waals surface area contributed by atoms with Gasteiger partial charge < -0.3 is 30.0 Å². The maximum atomic E-state index is 11.9. The Kier molecular flexibility index (Phi) is 10.0. The molecule has 0 heterocycles. The molecule has 1 aromatic carbocycles. The van der Waals surface area contributed by atoms with Gasteiger partial charge in [-0.2, -0.15) is 0 Å². The first-order valence-corrected chi connectivity index (χ1v) is 8.94. The first-order chi connectivity index (χ1) is 12.4. The molecule has 0 aliphatic rings. The van der Waals surface area contributed by atoms with Crippen LogP contribution in [0, 0.1) is 0 Å². The Morgan fingerprint density at radius 1 is 1.15 bits per heavy atom. The number of nitrogens with one attached hydrogen (secondary N) is 2. The van der Waals surface area contributed by atoms with Crippen molar-refractivity contribution in [2.75, 3.05) is 39.6 Å². The fourth-order valence-electron chi connectivity index (χ4n) is 2.19. The van der Waals surface area contributed by atoms with Gasteiger partial charge in [-0.3, -0.25) is 4.79 Å². The first kappa shape index (κ1) is 22.2. The van der Waals surface area contributed by atoms with Crippen LogP contribution in [0.15, 0.2) is 18.2 Å². The zero-order valence-electron chi connectivity index (χ0n) is 16.3. The van der Waals surface area contributed by atoms with Crippen molar-refractivity contribution in [1.29, 1.82) is 0 Å². The van der Waals surface area contributed by atoms with E-state index in [4.69, 9.17) is 19.3 Å². The lowest BCUT2D eigenvalue weighted by molar-refractivity contribution is -0.124. The molecule has 0 saturated carbocycles. The lowest BCUT2D eigenvalue weighted by Gasteiger charge is -2.21. The number of hydrogen-bond acceptors (Lipinski definition) is 6. The highest BCUT2D eigenvalue weighted by Crippen LogP contribution is 2.28. The van der Waals surface area contributed by atoms with Crippen molar-refractivity contribution in [3.05, 3.63) is 23.8 Å². The molecule has 0 aliphatic carbocycles. The average molecular weight is 368 g/mol. The highest BCUT2D eigenvalue weighted by molar-refractivity contribution is 5.78. The number of rotatable bonds is 12. The molecular formula is C19H32N2O5. The molecule has 1 rings (SSSR count). The van der Waals surface area contributed by atoms with E-state index < -0.39 is 0 Å². The Morgan fingerprint density at radius 3 is 2.58 bits per heavy atom. The van der Waals surface area contributed by atoms with Crippen molar-refractivity contribution in [2.24, 2.45) is 0 Å². The Bertz CT molecular complexity index is 543. The van der Waals surface area contributed by atoms with E-state index in [2.05, 4.69) is 10.6 Å². The molecule has 1 amide bonds. The lowest BCUT2D eigenvalue weighted by atomic mass is 10.1. The zero-order valence-corrected chi connectivity index (χ0v) is 16.3. The van der Waals surface area contributed by atoms with E-state index in [1.165, 1.54) is 0 Å². The largest absolute Gasteiger partial charge is 0.490 e. The van der Waals surface area contributed by atoms with Crippen LogP contribution < -0.4 is 20.1 Å². The van der Waals surface area contributed by atoms with Crippen LogP contribution >= 0.6 is 0 Å². The third-order valence-corrected chi connectivity index (χ3v) is 3.17. The van der Waals surface area contributed by atoms with E-state index in [0.717, 1.165) is 5.56 Å². The van der Waals surface area contributed by atoms with Crippen molar-refractivity contribution in [3.63, 3.8) is 0 Å². The summed E-state index contributed by atoms with van der Waals surface area (Å²) in [6, 6.07) is 5.65. The molecular weight excluding hydrogens is 336 g/mol. The van der Waals surface area contributed by atoms with Gasteiger partial charge in [0.2, 0.25) is 0 Å². The summed E-state index contributed by atoms with van der Waals surface area (Å²) in [6.07, 6.45) is 0. The molecule has 0 aromatic heterocycles. The van der Waals surface area contributed by atoms with E-state index in [1.54, 1.807) is 0 Å². The molecule has 0 bridgehead atoms. The number of carbonyl (C=O) groups excluding carboxylic acids is 1. The van der Waals surface area contributed by atoms with Gasteiger partial charge >= 0.3 is 0 Å². The van der Waals surface area contributed by atoms with Crippen LogP contribution in [-0.2, 0) is 16.1 Å². The average Bonchev–Trinajstić information content (AvgIpc) is 2.56. The smallest absolute Gasteiger partial charge is 0.258 e. The van der Waals surface area contributed by atoms with Gasteiger partial charge in [-0.25, -0.2) is 0 Å². The number of carbonyl (C=O) groups is 1. The quantitative estimate of drug-likeness (QED) is 0.484. The van der Waals surface area contributed by atoms with Crippen LogP contribution in [0.2, 0.25) is 0 Å². The molecule has 0 aliphatic heterocycles. The molecule has 7 nitrogen and oxygen atoms in total. The van der Waals surface area contributed by atoms with Gasteiger partial charge in [0.25, 0.3) is 5.91 Å². The second kappa shape index (κ2) is 11.7. The number of amides is 1. The summed E-state index contributed by atoms with van der Waals surface area (Å²) < 4.78 is 16.5. The molecule has 148 valence electrons. The minimum absolute atomic E-state index is 0.0347. The minimum Gasteiger partial charge on any atom is -0.490 e. The lowest BCUT2D eigenvalue weighted by Crippen LogP contribution is -2.43. The van der Waals surface area contributed by atoms with Gasteiger partial charge in [0.05, 0.1) is 26.4 Å². The van der Waals surface area contributed by atoms with Crippen LogP contribution in [0.1, 0.15) is 33.3 Å². The molecule has 3 N–H and O–H groups in total. The Labute approximate surface area is 156 Å². The van der Waals surface area contributed by atoms with E-state index in [1.807, 2.05) is 45.9 Å². The number of aliphatic hydroxyl groups excluding tert-OH is 1. The number of aliphatic hydroxyl groups is 1. The van der Waals surface area contributed by atoms with Gasteiger partial charge in [0.1, 0.15) is 0 Å². The van der Waals surface area contributed by atoms with Crippen molar-refractivity contribution < 1.29 is 24.1 Å². The van der Waals surface area contributed by atoms with Crippen molar-refractivity contribution in [3.8, 4) is 11.5 Å². The summed E-state index contributed by atoms with van der Waals surface area (Å²) in [5.41, 5.74) is 0.752. The van der Waals surface area contributed by atoms with Gasteiger partial charge in [-0.15, -0.1) is 0 Å². The predicted octanol–water partition coefficient (Wildman–Crippen LogP) is 1.48. The van der Waals surface area contributed by atoms with Crippen LogP contribution in [-0.4, -0.2) is 56.1 Å². The molecule has 0 saturated heterocycles.